The Morgan fingerprint density at radius 2 is 1.87 bits per heavy atom. The molecule has 1 heterocycles. The predicted molar refractivity (Wildman–Crippen MR) is 116 cm³/mol. The lowest BCUT2D eigenvalue weighted by molar-refractivity contribution is 0.241. The number of rotatable bonds is 5. The molecule has 1 unspecified atom stereocenters. The highest BCUT2D eigenvalue weighted by atomic mass is 35.5. The fraction of sp³-hybridized carbons (Fsp3) is 0.182. The molecule has 2 N–H and O–H groups in total. The number of ether oxygens (including phenoxy) is 3. The van der Waals surface area contributed by atoms with Crippen molar-refractivity contribution >= 4 is 21.6 Å². The molecule has 0 radical (unpaired) electrons. The van der Waals surface area contributed by atoms with E-state index >= 15 is 0 Å². The van der Waals surface area contributed by atoms with Gasteiger partial charge in [0.1, 0.15) is 23.4 Å². The first-order valence-electron chi connectivity index (χ1n) is 9.11. The Bertz CT molecular complexity index is 1230. The van der Waals surface area contributed by atoms with Crippen molar-refractivity contribution < 1.29 is 22.6 Å². The smallest absolute Gasteiger partial charge is 0.213 e. The van der Waals surface area contributed by atoms with Gasteiger partial charge >= 0.3 is 0 Å². The van der Waals surface area contributed by atoms with Crippen molar-refractivity contribution in [1.82, 2.24) is 0 Å². The van der Waals surface area contributed by atoms with Crippen molar-refractivity contribution in [2.75, 3.05) is 14.2 Å². The summed E-state index contributed by atoms with van der Waals surface area (Å²) in [6, 6.07) is 16.4. The number of fused-ring (bicyclic) bond motifs is 3. The summed E-state index contributed by atoms with van der Waals surface area (Å²) >= 11 is 6.27. The maximum atomic E-state index is 11.6. The summed E-state index contributed by atoms with van der Waals surface area (Å²) in [5, 5.41) is 5.75. The van der Waals surface area contributed by atoms with E-state index in [1.807, 2.05) is 30.3 Å². The minimum Gasteiger partial charge on any atom is -0.497 e. The highest BCUT2D eigenvalue weighted by Crippen LogP contribution is 2.50. The van der Waals surface area contributed by atoms with Crippen LogP contribution in [0.15, 0.2) is 54.6 Å². The molecule has 1 aliphatic rings. The summed E-state index contributed by atoms with van der Waals surface area (Å²) in [7, 11) is -0.518. The molecule has 0 saturated carbocycles. The molecule has 0 saturated heterocycles. The lowest BCUT2D eigenvalue weighted by atomic mass is 9.88. The standard InChI is InChI=1S/C22H20ClNO5S/c1-27-16-5-3-4-14(9-16)22-18-8-13(12-30(24,25)26)6-7-17(18)21-19(28-2)10-15(23)11-20(21)29-22/h3-11,22H,12H2,1-2H3,(H2,24,25,26). The second kappa shape index (κ2) is 7.83. The topological polar surface area (TPSA) is 87.8 Å². The Balaban J connectivity index is 1.94. The molecule has 156 valence electrons. The van der Waals surface area contributed by atoms with E-state index in [1.165, 1.54) is 0 Å². The molecular weight excluding hydrogens is 426 g/mol. The molecule has 8 heteroatoms. The third-order valence-corrected chi connectivity index (χ3v) is 5.88. The van der Waals surface area contributed by atoms with Crippen LogP contribution < -0.4 is 19.3 Å². The molecule has 3 aromatic rings. The number of primary sulfonamides is 1. The second-order valence-corrected chi connectivity index (χ2v) is 9.04. The van der Waals surface area contributed by atoms with Gasteiger partial charge < -0.3 is 14.2 Å². The Labute approximate surface area is 180 Å². The Hall–Kier alpha value is -2.74. The van der Waals surface area contributed by atoms with E-state index in [4.69, 9.17) is 31.0 Å². The summed E-state index contributed by atoms with van der Waals surface area (Å²) < 4.78 is 40.5. The van der Waals surface area contributed by atoms with Crippen molar-refractivity contribution in [3.63, 3.8) is 0 Å². The first-order valence-corrected chi connectivity index (χ1v) is 11.2. The number of halogens is 1. The van der Waals surface area contributed by atoms with E-state index < -0.39 is 16.1 Å². The van der Waals surface area contributed by atoms with Crippen molar-refractivity contribution in [2.24, 2.45) is 5.14 Å². The van der Waals surface area contributed by atoms with Gasteiger partial charge in [0.25, 0.3) is 0 Å². The summed E-state index contributed by atoms with van der Waals surface area (Å²) in [4.78, 5) is 0. The van der Waals surface area contributed by atoms with Crippen LogP contribution in [0.5, 0.6) is 17.2 Å². The van der Waals surface area contributed by atoms with Gasteiger partial charge in [-0.3, -0.25) is 0 Å². The third kappa shape index (κ3) is 3.96. The zero-order chi connectivity index (χ0) is 21.5. The number of hydrogen-bond donors (Lipinski definition) is 1. The molecule has 0 aliphatic carbocycles. The average molecular weight is 446 g/mol. The van der Waals surface area contributed by atoms with Gasteiger partial charge in [0, 0.05) is 16.1 Å². The normalized spacial score (nSPS) is 15.0. The first-order chi connectivity index (χ1) is 14.3. The van der Waals surface area contributed by atoms with Crippen molar-refractivity contribution in [1.29, 1.82) is 0 Å². The van der Waals surface area contributed by atoms with E-state index in [1.54, 1.807) is 38.5 Å². The fourth-order valence-electron chi connectivity index (χ4n) is 3.70. The van der Waals surface area contributed by atoms with Gasteiger partial charge in [-0.2, -0.15) is 0 Å². The summed E-state index contributed by atoms with van der Waals surface area (Å²) in [6.45, 7) is 0. The van der Waals surface area contributed by atoms with Crippen LogP contribution in [-0.2, 0) is 15.8 Å². The van der Waals surface area contributed by atoms with Crippen LogP contribution in [0.2, 0.25) is 5.02 Å². The Morgan fingerprint density at radius 1 is 1.07 bits per heavy atom. The Kier molecular flexibility index (Phi) is 5.36. The van der Waals surface area contributed by atoms with Crippen LogP contribution in [0.1, 0.15) is 22.8 Å². The van der Waals surface area contributed by atoms with E-state index in [-0.39, 0.29) is 5.75 Å². The number of hydrogen-bond acceptors (Lipinski definition) is 5. The molecule has 1 aliphatic heterocycles. The monoisotopic (exact) mass is 445 g/mol. The number of benzene rings is 3. The number of nitrogens with two attached hydrogens (primary N) is 1. The minimum atomic E-state index is -3.68. The van der Waals surface area contributed by atoms with Crippen LogP contribution in [0.4, 0.5) is 0 Å². The highest BCUT2D eigenvalue weighted by molar-refractivity contribution is 7.88. The number of sulfonamides is 1. The Morgan fingerprint density at radius 3 is 2.57 bits per heavy atom. The maximum Gasteiger partial charge on any atom is 0.213 e. The molecule has 4 rings (SSSR count). The molecular formula is C22H20ClNO5S. The van der Waals surface area contributed by atoms with Gasteiger partial charge in [0.15, 0.2) is 0 Å². The van der Waals surface area contributed by atoms with Gasteiger partial charge in [0.2, 0.25) is 10.0 Å². The lowest BCUT2D eigenvalue weighted by Crippen LogP contribution is -2.18. The molecule has 0 spiro atoms. The highest BCUT2D eigenvalue weighted by Gasteiger charge is 2.31. The van der Waals surface area contributed by atoms with Crippen LogP contribution in [0, 0.1) is 0 Å². The van der Waals surface area contributed by atoms with E-state index in [0.717, 1.165) is 22.3 Å². The van der Waals surface area contributed by atoms with Crippen molar-refractivity contribution in [3.8, 4) is 28.4 Å². The van der Waals surface area contributed by atoms with Gasteiger partial charge in [0.05, 0.1) is 25.5 Å². The third-order valence-electron chi connectivity index (χ3n) is 4.93. The zero-order valence-electron chi connectivity index (χ0n) is 16.4. The van der Waals surface area contributed by atoms with Gasteiger partial charge in [-0.1, -0.05) is 41.9 Å². The summed E-state index contributed by atoms with van der Waals surface area (Å²) in [5.74, 6) is 1.57. The average Bonchev–Trinajstić information content (AvgIpc) is 2.71. The predicted octanol–water partition coefficient (Wildman–Crippen LogP) is 4.29. The molecule has 0 bridgehead atoms. The lowest BCUT2D eigenvalue weighted by Gasteiger charge is -2.31. The summed E-state index contributed by atoms with van der Waals surface area (Å²) in [5.41, 5.74) is 3.86. The molecule has 3 aromatic carbocycles. The second-order valence-electron chi connectivity index (χ2n) is 6.98. The SMILES string of the molecule is COc1cccc(C2Oc3cc(Cl)cc(OC)c3-c3ccc(CS(N)(=O)=O)cc32)c1. The molecule has 30 heavy (non-hydrogen) atoms. The molecule has 0 amide bonds. The van der Waals surface area contributed by atoms with Gasteiger partial charge in [-0.05, 0) is 35.4 Å². The fourth-order valence-corrected chi connectivity index (χ4v) is 4.54. The zero-order valence-corrected chi connectivity index (χ0v) is 18.0. The maximum absolute atomic E-state index is 11.6. The minimum absolute atomic E-state index is 0.268. The first kappa shape index (κ1) is 20.5. The molecule has 0 aromatic heterocycles. The van der Waals surface area contributed by atoms with Gasteiger partial charge in [-0.15, -0.1) is 0 Å². The molecule has 1 atom stereocenters. The summed E-state index contributed by atoms with van der Waals surface area (Å²) in [6.07, 6.45) is -0.494. The van der Waals surface area contributed by atoms with Crippen molar-refractivity contribution in [3.05, 3.63) is 76.3 Å². The van der Waals surface area contributed by atoms with E-state index in [0.29, 0.717) is 27.8 Å². The van der Waals surface area contributed by atoms with Gasteiger partial charge in [-0.25, -0.2) is 13.6 Å². The largest absolute Gasteiger partial charge is 0.497 e. The van der Waals surface area contributed by atoms with Crippen LogP contribution >= 0.6 is 11.6 Å². The molecule has 0 fully saturated rings. The van der Waals surface area contributed by atoms with Crippen LogP contribution in [0.25, 0.3) is 11.1 Å². The quantitative estimate of drug-likeness (QED) is 0.632. The number of methoxy groups -OCH3 is 2. The van der Waals surface area contributed by atoms with E-state index in [2.05, 4.69) is 0 Å². The molecule has 6 nitrogen and oxygen atoms in total. The van der Waals surface area contributed by atoms with E-state index in [9.17, 15) is 8.42 Å². The van der Waals surface area contributed by atoms with Crippen LogP contribution in [-0.4, -0.2) is 22.6 Å². The van der Waals surface area contributed by atoms with Crippen molar-refractivity contribution in [2.45, 2.75) is 11.9 Å². The van der Waals surface area contributed by atoms with Crippen LogP contribution in [0.3, 0.4) is 0 Å².